The van der Waals surface area contributed by atoms with Crippen molar-refractivity contribution in [2.75, 3.05) is 13.1 Å². The summed E-state index contributed by atoms with van der Waals surface area (Å²) in [7, 11) is 0. The highest BCUT2D eigenvalue weighted by Gasteiger charge is 2.22. The van der Waals surface area contributed by atoms with E-state index in [1.165, 1.54) is 36.8 Å². The van der Waals surface area contributed by atoms with Crippen molar-refractivity contribution in [3.63, 3.8) is 0 Å². The van der Waals surface area contributed by atoms with Gasteiger partial charge in [0.05, 0.1) is 0 Å². The fourth-order valence-corrected chi connectivity index (χ4v) is 4.72. The molecule has 1 fully saturated rings. The number of ether oxygens (including phenoxy) is 1. The third-order valence-corrected chi connectivity index (χ3v) is 6.70. The zero-order valence-corrected chi connectivity index (χ0v) is 19.4. The van der Waals surface area contributed by atoms with Gasteiger partial charge in [-0.3, -0.25) is 4.90 Å². The van der Waals surface area contributed by atoms with Crippen LogP contribution in [0.5, 0.6) is 11.5 Å². The fraction of sp³-hybridized carbons (Fsp3) is 0.357. The van der Waals surface area contributed by atoms with Crippen LogP contribution in [0.25, 0.3) is 0 Å². The summed E-state index contributed by atoms with van der Waals surface area (Å²) in [5.74, 6) is 3.18. The van der Waals surface area contributed by atoms with Gasteiger partial charge in [-0.25, -0.2) is 0 Å². The highest BCUT2D eigenvalue weighted by Crippen LogP contribution is 2.30. The van der Waals surface area contributed by atoms with Gasteiger partial charge in [-0.15, -0.1) is 0 Å². The molecule has 0 bridgehead atoms. The minimum atomic E-state index is 0.716. The molecule has 1 aliphatic carbocycles. The Labute approximate surface area is 197 Å². The van der Waals surface area contributed by atoms with Crippen molar-refractivity contribution in [1.82, 2.24) is 4.90 Å². The number of nitrogens with two attached hydrogens (primary N) is 1. The van der Waals surface area contributed by atoms with Gasteiger partial charge in [0.1, 0.15) is 11.5 Å². The zero-order chi connectivity index (χ0) is 22.2. The van der Waals surface area contributed by atoms with Crippen LogP contribution in [0.2, 0.25) is 5.02 Å². The quantitative estimate of drug-likeness (QED) is 0.387. The summed E-state index contributed by atoms with van der Waals surface area (Å²) in [6.45, 7) is 3.79. The van der Waals surface area contributed by atoms with E-state index in [4.69, 9.17) is 22.1 Å². The molecule has 0 spiro atoms. The lowest BCUT2D eigenvalue weighted by Crippen LogP contribution is -2.32. The third kappa shape index (κ3) is 6.83. The Morgan fingerprint density at radius 2 is 1.25 bits per heavy atom. The SMILES string of the molecule is NCC1CCC(CN(Cc2ccc(Cl)cc2)Cc2ccc(Oc3ccccc3)cc2)CC1. The summed E-state index contributed by atoms with van der Waals surface area (Å²) < 4.78 is 5.95. The van der Waals surface area contributed by atoms with E-state index in [0.717, 1.165) is 48.6 Å². The van der Waals surface area contributed by atoms with Crippen LogP contribution in [-0.4, -0.2) is 18.0 Å². The molecule has 4 heteroatoms. The van der Waals surface area contributed by atoms with Crippen LogP contribution in [0.4, 0.5) is 0 Å². The molecule has 3 aromatic carbocycles. The number of benzene rings is 3. The predicted molar refractivity (Wildman–Crippen MR) is 133 cm³/mol. The number of para-hydroxylation sites is 1. The number of rotatable bonds is 9. The van der Waals surface area contributed by atoms with E-state index in [1.54, 1.807) is 0 Å². The minimum Gasteiger partial charge on any atom is -0.457 e. The Morgan fingerprint density at radius 1 is 0.719 bits per heavy atom. The first-order valence-electron chi connectivity index (χ1n) is 11.7. The molecule has 168 valence electrons. The average molecular weight is 449 g/mol. The number of hydrogen-bond donors (Lipinski definition) is 1. The standard InChI is InChI=1S/C28H33ClN2O/c29-26-14-10-24(11-15-26)20-31(19-23-8-6-22(18-30)7-9-23)21-25-12-16-28(17-13-25)32-27-4-2-1-3-5-27/h1-5,10-17,22-23H,6-9,18-21,30H2. The van der Waals surface area contributed by atoms with Gasteiger partial charge in [0.2, 0.25) is 0 Å². The lowest BCUT2D eigenvalue weighted by atomic mass is 9.82. The van der Waals surface area contributed by atoms with Crippen LogP contribution in [0.1, 0.15) is 36.8 Å². The van der Waals surface area contributed by atoms with Gasteiger partial charge in [0, 0.05) is 24.7 Å². The molecular formula is C28H33ClN2O. The Morgan fingerprint density at radius 3 is 1.84 bits per heavy atom. The second-order valence-corrected chi connectivity index (χ2v) is 9.41. The first-order chi connectivity index (χ1) is 15.7. The molecule has 32 heavy (non-hydrogen) atoms. The highest BCUT2D eigenvalue weighted by molar-refractivity contribution is 6.30. The molecule has 0 heterocycles. The highest BCUT2D eigenvalue weighted by atomic mass is 35.5. The van der Waals surface area contributed by atoms with E-state index in [9.17, 15) is 0 Å². The van der Waals surface area contributed by atoms with E-state index in [0.29, 0.717) is 5.92 Å². The molecule has 0 unspecified atom stereocenters. The van der Waals surface area contributed by atoms with Crippen molar-refractivity contribution < 1.29 is 4.74 Å². The fourth-order valence-electron chi connectivity index (χ4n) is 4.59. The molecule has 0 radical (unpaired) electrons. The lowest BCUT2D eigenvalue weighted by Gasteiger charge is -2.32. The molecule has 3 aromatic rings. The monoisotopic (exact) mass is 448 g/mol. The third-order valence-electron chi connectivity index (χ3n) is 6.44. The summed E-state index contributed by atoms with van der Waals surface area (Å²) in [4.78, 5) is 2.57. The molecule has 0 amide bonds. The maximum absolute atomic E-state index is 6.10. The normalized spacial score (nSPS) is 18.6. The van der Waals surface area contributed by atoms with Crippen LogP contribution < -0.4 is 10.5 Å². The second kappa shape index (κ2) is 11.5. The average Bonchev–Trinajstić information content (AvgIpc) is 2.83. The number of halogens is 1. The Bertz CT molecular complexity index is 935. The van der Waals surface area contributed by atoms with E-state index in [1.807, 2.05) is 42.5 Å². The van der Waals surface area contributed by atoms with Crippen molar-refractivity contribution in [2.45, 2.75) is 38.8 Å². The van der Waals surface area contributed by atoms with Gasteiger partial charge in [0.25, 0.3) is 0 Å². The largest absolute Gasteiger partial charge is 0.457 e. The Kier molecular flexibility index (Phi) is 8.22. The van der Waals surface area contributed by atoms with Crippen LogP contribution in [0, 0.1) is 11.8 Å². The first-order valence-corrected chi connectivity index (χ1v) is 12.0. The molecule has 1 aliphatic rings. The second-order valence-electron chi connectivity index (χ2n) is 8.98. The summed E-state index contributed by atoms with van der Waals surface area (Å²) in [6.07, 6.45) is 5.09. The first kappa shape index (κ1) is 22.8. The van der Waals surface area contributed by atoms with Gasteiger partial charge < -0.3 is 10.5 Å². The van der Waals surface area contributed by atoms with E-state index in [-0.39, 0.29) is 0 Å². The molecular weight excluding hydrogens is 416 g/mol. The maximum Gasteiger partial charge on any atom is 0.127 e. The molecule has 0 atom stereocenters. The predicted octanol–water partition coefficient (Wildman–Crippen LogP) is 6.90. The van der Waals surface area contributed by atoms with Gasteiger partial charge in [-0.1, -0.05) is 54.1 Å². The Hall–Kier alpha value is -2.33. The molecule has 3 nitrogen and oxygen atoms in total. The minimum absolute atomic E-state index is 0.716. The molecule has 0 aliphatic heterocycles. The van der Waals surface area contributed by atoms with Gasteiger partial charge >= 0.3 is 0 Å². The van der Waals surface area contributed by atoms with Gasteiger partial charge in [0.15, 0.2) is 0 Å². The van der Waals surface area contributed by atoms with Gasteiger partial charge in [-0.2, -0.15) is 0 Å². The molecule has 0 aromatic heterocycles. The Balaban J connectivity index is 1.41. The van der Waals surface area contributed by atoms with Crippen LogP contribution in [-0.2, 0) is 13.1 Å². The lowest BCUT2D eigenvalue weighted by molar-refractivity contribution is 0.170. The zero-order valence-electron chi connectivity index (χ0n) is 18.6. The van der Waals surface area contributed by atoms with E-state index < -0.39 is 0 Å². The van der Waals surface area contributed by atoms with Crippen LogP contribution in [0.3, 0.4) is 0 Å². The maximum atomic E-state index is 6.10. The summed E-state index contributed by atoms with van der Waals surface area (Å²) >= 11 is 6.10. The van der Waals surface area contributed by atoms with Crippen molar-refractivity contribution in [1.29, 1.82) is 0 Å². The van der Waals surface area contributed by atoms with Crippen LogP contribution >= 0.6 is 11.6 Å². The summed E-state index contributed by atoms with van der Waals surface area (Å²) in [6, 6.07) is 26.6. The summed E-state index contributed by atoms with van der Waals surface area (Å²) in [5.41, 5.74) is 8.50. The van der Waals surface area contributed by atoms with Crippen molar-refractivity contribution >= 4 is 11.6 Å². The van der Waals surface area contributed by atoms with E-state index in [2.05, 4.69) is 41.3 Å². The number of hydrogen-bond acceptors (Lipinski definition) is 3. The molecule has 4 rings (SSSR count). The van der Waals surface area contributed by atoms with Crippen molar-refractivity contribution in [2.24, 2.45) is 17.6 Å². The number of nitrogens with zero attached hydrogens (tertiary/aromatic N) is 1. The molecule has 1 saturated carbocycles. The molecule has 2 N–H and O–H groups in total. The van der Waals surface area contributed by atoms with Crippen molar-refractivity contribution in [3.05, 3.63) is 95.0 Å². The topological polar surface area (TPSA) is 38.5 Å². The van der Waals surface area contributed by atoms with Gasteiger partial charge in [-0.05, 0) is 91.6 Å². The molecule has 0 saturated heterocycles. The van der Waals surface area contributed by atoms with Crippen LogP contribution in [0.15, 0.2) is 78.9 Å². The van der Waals surface area contributed by atoms with E-state index >= 15 is 0 Å². The van der Waals surface area contributed by atoms with Crippen molar-refractivity contribution in [3.8, 4) is 11.5 Å². The smallest absolute Gasteiger partial charge is 0.127 e. The summed E-state index contributed by atoms with van der Waals surface area (Å²) in [5, 5.41) is 0.786.